The van der Waals surface area contributed by atoms with Crippen LogP contribution in [-0.4, -0.2) is 9.97 Å². The minimum Gasteiger partial charge on any atom is -0.489 e. The number of hydrogen-bond donors (Lipinski definition) is 0. The number of ether oxygens (including phenoxy) is 1. The molecule has 112 valence electrons. The molecule has 0 saturated carbocycles. The molecule has 0 aliphatic heterocycles. The van der Waals surface area contributed by atoms with Crippen molar-refractivity contribution in [2.24, 2.45) is 0 Å². The molecule has 4 heteroatoms. The second kappa shape index (κ2) is 5.93. The van der Waals surface area contributed by atoms with Gasteiger partial charge in [-0.1, -0.05) is 30.3 Å². The second-order valence-corrected chi connectivity index (χ2v) is 5.15. The van der Waals surface area contributed by atoms with Crippen LogP contribution in [0.5, 0.6) is 5.75 Å². The summed E-state index contributed by atoms with van der Waals surface area (Å²) < 4.78 is 11.4. The van der Waals surface area contributed by atoms with Gasteiger partial charge in [0.15, 0.2) is 0 Å². The molecule has 0 aliphatic rings. The highest BCUT2D eigenvalue weighted by Crippen LogP contribution is 2.25. The molecule has 2 heterocycles. The lowest BCUT2D eigenvalue weighted by molar-refractivity contribution is 0.306. The van der Waals surface area contributed by atoms with Gasteiger partial charge in [0.25, 0.3) is 0 Å². The maximum atomic E-state index is 5.78. The van der Waals surface area contributed by atoms with Crippen LogP contribution in [0.4, 0.5) is 0 Å². The Morgan fingerprint density at radius 2 is 1.70 bits per heavy atom. The quantitative estimate of drug-likeness (QED) is 0.558. The Kier molecular flexibility index (Phi) is 3.48. The third-order valence-electron chi connectivity index (χ3n) is 3.52. The zero-order valence-electron chi connectivity index (χ0n) is 12.3. The van der Waals surface area contributed by atoms with Gasteiger partial charge in [0.05, 0.1) is 0 Å². The summed E-state index contributed by atoms with van der Waals surface area (Å²) in [5.41, 5.74) is 3.34. The van der Waals surface area contributed by atoms with Crippen LogP contribution in [0, 0.1) is 0 Å². The number of rotatable bonds is 4. The Balaban J connectivity index is 1.51. The van der Waals surface area contributed by atoms with Crippen molar-refractivity contribution in [2.75, 3.05) is 0 Å². The largest absolute Gasteiger partial charge is 0.489 e. The van der Waals surface area contributed by atoms with Crippen molar-refractivity contribution in [2.45, 2.75) is 6.61 Å². The van der Waals surface area contributed by atoms with Gasteiger partial charge < -0.3 is 9.15 Å². The van der Waals surface area contributed by atoms with Crippen LogP contribution in [0.3, 0.4) is 0 Å². The number of fused-ring (bicyclic) bond motifs is 1. The fraction of sp³-hybridized carbons (Fsp3) is 0.0526. The van der Waals surface area contributed by atoms with E-state index in [1.807, 2.05) is 66.7 Å². The highest BCUT2D eigenvalue weighted by molar-refractivity contribution is 5.72. The Morgan fingerprint density at radius 1 is 0.870 bits per heavy atom. The Hall–Kier alpha value is -3.14. The zero-order chi connectivity index (χ0) is 15.5. The van der Waals surface area contributed by atoms with Gasteiger partial charge in [0.2, 0.25) is 11.6 Å². The molecule has 4 rings (SSSR count). The molecule has 0 amide bonds. The first-order valence-electron chi connectivity index (χ1n) is 7.37. The molecular formula is C19H14N2O2. The van der Waals surface area contributed by atoms with Gasteiger partial charge in [0.1, 0.15) is 17.9 Å². The van der Waals surface area contributed by atoms with Crippen molar-refractivity contribution in [3.05, 3.63) is 78.5 Å². The molecule has 0 bridgehead atoms. The lowest BCUT2D eigenvalue weighted by Gasteiger charge is -2.06. The van der Waals surface area contributed by atoms with E-state index < -0.39 is 0 Å². The zero-order valence-corrected chi connectivity index (χ0v) is 12.3. The number of nitrogens with zero attached hydrogens (tertiary/aromatic N) is 2. The lowest BCUT2D eigenvalue weighted by Crippen LogP contribution is -1.94. The summed E-state index contributed by atoms with van der Waals surface area (Å²) in [6.45, 7) is 0.549. The molecule has 0 atom stereocenters. The van der Waals surface area contributed by atoms with E-state index in [1.54, 1.807) is 6.20 Å². The second-order valence-electron chi connectivity index (χ2n) is 5.15. The average Bonchev–Trinajstić information content (AvgIpc) is 3.05. The fourth-order valence-electron chi connectivity index (χ4n) is 2.33. The molecule has 0 N–H and O–H groups in total. The number of oxazole rings is 1. The van der Waals surface area contributed by atoms with Crippen LogP contribution in [0.25, 0.3) is 22.7 Å². The normalized spacial score (nSPS) is 10.8. The minimum atomic E-state index is 0.548. The van der Waals surface area contributed by atoms with Crippen molar-refractivity contribution in [1.29, 1.82) is 0 Å². The van der Waals surface area contributed by atoms with Gasteiger partial charge in [-0.3, -0.25) is 0 Å². The lowest BCUT2D eigenvalue weighted by atomic mass is 10.2. The SMILES string of the molecule is c1ccc(COc2ccc(-c3nc4cccnc4o3)cc2)cc1. The molecule has 4 aromatic rings. The Morgan fingerprint density at radius 3 is 2.48 bits per heavy atom. The van der Waals surface area contributed by atoms with Gasteiger partial charge >= 0.3 is 0 Å². The van der Waals surface area contributed by atoms with E-state index in [9.17, 15) is 0 Å². The van der Waals surface area contributed by atoms with E-state index in [4.69, 9.17) is 9.15 Å². The summed E-state index contributed by atoms with van der Waals surface area (Å²) in [4.78, 5) is 8.59. The summed E-state index contributed by atoms with van der Waals surface area (Å²) in [7, 11) is 0. The maximum absolute atomic E-state index is 5.78. The summed E-state index contributed by atoms with van der Waals surface area (Å²) in [5, 5.41) is 0. The molecule has 2 aromatic heterocycles. The van der Waals surface area contributed by atoms with E-state index in [0.29, 0.717) is 18.2 Å². The Bertz CT molecular complexity index is 882. The molecule has 0 fully saturated rings. The summed E-state index contributed by atoms with van der Waals surface area (Å²) in [6.07, 6.45) is 1.69. The predicted molar refractivity (Wildman–Crippen MR) is 88.0 cm³/mol. The highest BCUT2D eigenvalue weighted by atomic mass is 16.5. The van der Waals surface area contributed by atoms with Crippen LogP contribution in [-0.2, 0) is 6.61 Å². The summed E-state index contributed by atoms with van der Waals surface area (Å²) in [6, 6.07) is 21.5. The fourth-order valence-corrected chi connectivity index (χ4v) is 2.33. The van der Waals surface area contributed by atoms with Crippen LogP contribution >= 0.6 is 0 Å². The van der Waals surface area contributed by atoms with Crippen LogP contribution in [0.2, 0.25) is 0 Å². The Labute approximate surface area is 133 Å². The summed E-state index contributed by atoms with van der Waals surface area (Å²) in [5.74, 6) is 1.38. The first kappa shape index (κ1) is 13.5. The highest BCUT2D eigenvalue weighted by Gasteiger charge is 2.08. The minimum absolute atomic E-state index is 0.548. The van der Waals surface area contributed by atoms with Crippen molar-refractivity contribution in [3.8, 4) is 17.2 Å². The number of benzene rings is 2. The third kappa shape index (κ3) is 2.92. The van der Waals surface area contributed by atoms with Crippen LogP contribution in [0.1, 0.15) is 5.56 Å². The summed E-state index contributed by atoms with van der Waals surface area (Å²) >= 11 is 0. The van der Waals surface area contributed by atoms with E-state index in [-0.39, 0.29) is 0 Å². The van der Waals surface area contributed by atoms with Crippen molar-refractivity contribution < 1.29 is 9.15 Å². The van der Waals surface area contributed by atoms with Crippen LogP contribution in [0.15, 0.2) is 77.3 Å². The monoisotopic (exact) mass is 302 g/mol. The molecule has 0 radical (unpaired) electrons. The molecule has 4 nitrogen and oxygen atoms in total. The van der Waals surface area contributed by atoms with Gasteiger partial charge in [-0.15, -0.1) is 0 Å². The number of aromatic nitrogens is 2. The number of hydrogen-bond acceptors (Lipinski definition) is 4. The standard InChI is InChI=1S/C19H14N2O2/c1-2-5-14(6-3-1)13-22-16-10-8-15(9-11-16)18-21-17-7-4-12-20-19(17)23-18/h1-12H,13H2. The topological polar surface area (TPSA) is 48.2 Å². The number of pyridine rings is 1. The van der Waals surface area contributed by atoms with Crippen molar-refractivity contribution >= 4 is 11.2 Å². The van der Waals surface area contributed by atoms with Gasteiger partial charge in [-0.05, 0) is 42.0 Å². The first-order valence-corrected chi connectivity index (χ1v) is 7.37. The molecule has 0 aliphatic carbocycles. The smallest absolute Gasteiger partial charge is 0.247 e. The van der Waals surface area contributed by atoms with Gasteiger partial charge in [0, 0.05) is 11.8 Å². The molecular weight excluding hydrogens is 288 g/mol. The first-order chi connectivity index (χ1) is 11.4. The predicted octanol–water partition coefficient (Wildman–Crippen LogP) is 4.47. The van der Waals surface area contributed by atoms with E-state index in [2.05, 4.69) is 9.97 Å². The van der Waals surface area contributed by atoms with Gasteiger partial charge in [-0.2, -0.15) is 0 Å². The third-order valence-corrected chi connectivity index (χ3v) is 3.52. The molecule has 0 saturated heterocycles. The van der Waals surface area contributed by atoms with E-state index >= 15 is 0 Å². The van der Waals surface area contributed by atoms with Crippen molar-refractivity contribution in [1.82, 2.24) is 9.97 Å². The molecule has 0 unspecified atom stereocenters. The molecule has 0 spiro atoms. The molecule has 23 heavy (non-hydrogen) atoms. The van der Waals surface area contributed by atoms with Crippen LogP contribution < -0.4 is 4.74 Å². The molecule has 2 aromatic carbocycles. The maximum Gasteiger partial charge on any atom is 0.247 e. The average molecular weight is 302 g/mol. The van der Waals surface area contributed by atoms with Gasteiger partial charge in [-0.25, -0.2) is 9.97 Å². The van der Waals surface area contributed by atoms with Crippen molar-refractivity contribution in [3.63, 3.8) is 0 Å². The van der Waals surface area contributed by atoms with E-state index in [0.717, 1.165) is 22.4 Å². The van der Waals surface area contributed by atoms with E-state index in [1.165, 1.54) is 0 Å².